The van der Waals surface area contributed by atoms with Gasteiger partial charge in [-0.15, -0.1) is 0 Å². The minimum Gasteiger partial charge on any atom is -0.395 e. The van der Waals surface area contributed by atoms with E-state index in [1.54, 1.807) is 0 Å². The van der Waals surface area contributed by atoms with Gasteiger partial charge in [0.25, 0.3) is 5.91 Å². The van der Waals surface area contributed by atoms with Crippen LogP contribution in [0.25, 0.3) is 0 Å². The topological polar surface area (TPSA) is 280 Å². The molecule has 0 aromatic rings. The SMILES string of the molecule is NC(=O)NC[C@H](NC(=O)[C@@H](O)[C@H](O)[C@H](N)[C@H](O)C[C@@H](O)[C@@H](N)CO)C(N)=O. The van der Waals surface area contributed by atoms with Crippen LogP contribution in [0.3, 0.4) is 0 Å². The van der Waals surface area contributed by atoms with Crippen LogP contribution in [-0.4, -0.2) is 99.1 Å². The van der Waals surface area contributed by atoms with Gasteiger partial charge in [0.2, 0.25) is 5.91 Å². The van der Waals surface area contributed by atoms with Gasteiger partial charge in [0, 0.05) is 13.0 Å². The molecule has 0 spiro atoms. The zero-order chi connectivity index (χ0) is 21.3. The van der Waals surface area contributed by atoms with Gasteiger partial charge in [0.05, 0.1) is 30.9 Å². The first-order valence-electron chi connectivity index (χ1n) is 7.89. The lowest BCUT2D eigenvalue weighted by atomic mass is 9.94. The summed E-state index contributed by atoms with van der Waals surface area (Å²) in [6.07, 6.45) is -7.54. The summed E-state index contributed by atoms with van der Waals surface area (Å²) < 4.78 is 0. The molecule has 15 N–H and O–H groups in total. The van der Waals surface area contributed by atoms with Crippen molar-refractivity contribution in [2.45, 2.75) is 49.0 Å². The van der Waals surface area contributed by atoms with E-state index < -0.39 is 80.0 Å². The van der Waals surface area contributed by atoms with E-state index in [4.69, 9.17) is 28.0 Å². The second-order valence-corrected chi connectivity index (χ2v) is 5.94. The molecule has 0 saturated carbocycles. The fourth-order valence-corrected chi connectivity index (χ4v) is 1.98. The molecule has 0 aliphatic heterocycles. The number of carbonyl (C=O) groups excluding carboxylic acids is 3. The predicted molar refractivity (Wildman–Crippen MR) is 90.4 cm³/mol. The van der Waals surface area contributed by atoms with Crippen molar-refractivity contribution in [2.24, 2.45) is 22.9 Å². The highest BCUT2D eigenvalue weighted by atomic mass is 16.3. The smallest absolute Gasteiger partial charge is 0.312 e. The van der Waals surface area contributed by atoms with E-state index in [2.05, 4.69) is 0 Å². The Labute approximate surface area is 154 Å². The normalized spacial score (nSPS) is 19.1. The molecule has 4 amide bonds. The average molecular weight is 396 g/mol. The van der Waals surface area contributed by atoms with Crippen LogP contribution in [0.2, 0.25) is 0 Å². The van der Waals surface area contributed by atoms with Gasteiger partial charge in [-0.05, 0) is 0 Å². The Morgan fingerprint density at radius 3 is 1.96 bits per heavy atom. The Kier molecular flexibility index (Phi) is 10.7. The van der Waals surface area contributed by atoms with Crippen LogP contribution >= 0.6 is 0 Å². The molecule has 0 unspecified atom stereocenters. The lowest BCUT2D eigenvalue weighted by Gasteiger charge is -2.29. The van der Waals surface area contributed by atoms with Gasteiger partial charge < -0.3 is 59.1 Å². The molecular formula is C13H28N6O8. The molecule has 0 saturated heterocycles. The number of amides is 4. The number of hydrogen-bond acceptors (Lipinski definition) is 10. The molecule has 0 aromatic carbocycles. The van der Waals surface area contributed by atoms with Crippen molar-refractivity contribution < 1.29 is 39.9 Å². The number of urea groups is 1. The number of carbonyl (C=O) groups is 3. The predicted octanol–water partition coefficient (Wildman–Crippen LogP) is -6.89. The van der Waals surface area contributed by atoms with Crippen LogP contribution in [0.15, 0.2) is 0 Å². The molecule has 0 heterocycles. The summed E-state index contributed by atoms with van der Waals surface area (Å²) in [4.78, 5) is 33.8. The maximum Gasteiger partial charge on any atom is 0.312 e. The number of nitrogens with one attached hydrogen (secondary N) is 2. The van der Waals surface area contributed by atoms with Crippen LogP contribution in [-0.2, 0) is 9.59 Å². The highest BCUT2D eigenvalue weighted by Crippen LogP contribution is 2.10. The lowest BCUT2D eigenvalue weighted by Crippen LogP contribution is -2.59. The third kappa shape index (κ3) is 8.44. The Hall–Kier alpha value is -2.07. The molecule has 158 valence electrons. The summed E-state index contributed by atoms with van der Waals surface area (Å²) in [5.41, 5.74) is 20.8. The van der Waals surface area contributed by atoms with Crippen LogP contribution in [0.1, 0.15) is 6.42 Å². The second-order valence-electron chi connectivity index (χ2n) is 5.94. The van der Waals surface area contributed by atoms with Crippen molar-refractivity contribution in [3.63, 3.8) is 0 Å². The van der Waals surface area contributed by atoms with Crippen molar-refractivity contribution >= 4 is 17.8 Å². The summed E-state index contributed by atoms with van der Waals surface area (Å²) in [5.74, 6) is -2.31. The third-order valence-corrected chi connectivity index (χ3v) is 3.76. The largest absolute Gasteiger partial charge is 0.395 e. The lowest BCUT2D eigenvalue weighted by molar-refractivity contribution is -0.140. The summed E-state index contributed by atoms with van der Waals surface area (Å²) in [6.45, 7) is -1.02. The van der Waals surface area contributed by atoms with E-state index in [1.165, 1.54) is 0 Å². The molecule has 27 heavy (non-hydrogen) atoms. The number of rotatable bonds is 12. The number of hydrogen-bond donors (Lipinski definition) is 11. The van der Waals surface area contributed by atoms with Crippen LogP contribution in [0, 0.1) is 0 Å². The first kappa shape index (κ1) is 24.9. The molecule has 0 rings (SSSR count). The zero-order valence-corrected chi connectivity index (χ0v) is 14.4. The second kappa shape index (κ2) is 11.6. The molecule has 0 aliphatic rings. The first-order valence-corrected chi connectivity index (χ1v) is 7.89. The molecule has 0 bridgehead atoms. The van der Waals surface area contributed by atoms with Gasteiger partial charge in [-0.1, -0.05) is 0 Å². The molecule has 7 atom stereocenters. The number of aliphatic hydroxyl groups excluding tert-OH is 5. The molecule has 0 radical (unpaired) electrons. The number of aliphatic hydroxyl groups is 5. The van der Waals surface area contributed by atoms with E-state index >= 15 is 0 Å². The summed E-state index contributed by atoms with van der Waals surface area (Å²) >= 11 is 0. The standard InChI is InChI=1S/C13H28N6O8/c14-4(3-20)6(21)1-7(22)8(15)9(23)10(24)12(26)19-5(11(16)25)2-18-13(17)27/h4-10,20-24H,1-3,14-15H2,(H2,16,25)(H,19,26)(H3,17,18,27)/t4-,5-,6+,7+,8+,9+,10-/m0/s1. The maximum atomic E-state index is 11.9. The van der Waals surface area contributed by atoms with E-state index in [1.807, 2.05) is 10.6 Å². The molecular weight excluding hydrogens is 368 g/mol. The summed E-state index contributed by atoms with van der Waals surface area (Å²) in [6, 6.07) is -5.06. The van der Waals surface area contributed by atoms with Crippen LogP contribution < -0.4 is 33.6 Å². The molecule has 14 nitrogen and oxygen atoms in total. The van der Waals surface area contributed by atoms with E-state index in [0.29, 0.717) is 0 Å². The maximum absolute atomic E-state index is 11.9. The van der Waals surface area contributed by atoms with Gasteiger partial charge in [-0.25, -0.2) is 4.79 Å². The number of primary amides is 2. The van der Waals surface area contributed by atoms with E-state index in [9.17, 15) is 34.8 Å². The van der Waals surface area contributed by atoms with E-state index in [-0.39, 0.29) is 0 Å². The van der Waals surface area contributed by atoms with Gasteiger partial charge in [-0.3, -0.25) is 9.59 Å². The Bertz CT molecular complexity index is 509. The first-order chi connectivity index (χ1) is 12.4. The number of nitrogens with two attached hydrogens (primary N) is 4. The van der Waals surface area contributed by atoms with Gasteiger partial charge in [0.1, 0.15) is 12.1 Å². The van der Waals surface area contributed by atoms with Crippen molar-refractivity contribution in [1.82, 2.24) is 10.6 Å². The minimum absolute atomic E-state index is 0.444. The van der Waals surface area contributed by atoms with Crippen molar-refractivity contribution in [3.05, 3.63) is 0 Å². The molecule has 0 fully saturated rings. The zero-order valence-electron chi connectivity index (χ0n) is 14.4. The molecule has 14 heteroatoms. The Morgan fingerprint density at radius 2 is 1.52 bits per heavy atom. The molecule has 0 aliphatic carbocycles. The monoisotopic (exact) mass is 396 g/mol. The third-order valence-electron chi connectivity index (χ3n) is 3.76. The Balaban J connectivity index is 4.82. The molecule has 0 aromatic heterocycles. The van der Waals surface area contributed by atoms with Crippen LogP contribution in [0.5, 0.6) is 0 Å². The minimum atomic E-state index is -2.17. The highest BCUT2D eigenvalue weighted by molar-refractivity contribution is 5.89. The average Bonchev–Trinajstić information content (AvgIpc) is 2.61. The Morgan fingerprint density at radius 1 is 0.963 bits per heavy atom. The van der Waals surface area contributed by atoms with Gasteiger partial charge in [0.15, 0.2) is 6.10 Å². The van der Waals surface area contributed by atoms with Crippen LogP contribution in [0.4, 0.5) is 4.79 Å². The van der Waals surface area contributed by atoms with E-state index in [0.717, 1.165) is 0 Å². The van der Waals surface area contributed by atoms with Crippen molar-refractivity contribution in [1.29, 1.82) is 0 Å². The fraction of sp³-hybridized carbons (Fsp3) is 0.769. The summed E-state index contributed by atoms with van der Waals surface area (Å²) in [7, 11) is 0. The highest BCUT2D eigenvalue weighted by Gasteiger charge is 2.35. The fourth-order valence-electron chi connectivity index (χ4n) is 1.98. The quantitative estimate of drug-likeness (QED) is 0.148. The van der Waals surface area contributed by atoms with Gasteiger partial charge in [-0.2, -0.15) is 0 Å². The van der Waals surface area contributed by atoms with Gasteiger partial charge >= 0.3 is 6.03 Å². The van der Waals surface area contributed by atoms with Crippen molar-refractivity contribution in [2.75, 3.05) is 13.2 Å². The van der Waals surface area contributed by atoms with Crippen molar-refractivity contribution in [3.8, 4) is 0 Å². The summed E-state index contributed by atoms with van der Waals surface area (Å²) in [5, 5.41) is 52.2.